The van der Waals surface area contributed by atoms with Gasteiger partial charge in [0.25, 0.3) is 0 Å². The summed E-state index contributed by atoms with van der Waals surface area (Å²) in [5.74, 6) is 0. The van der Waals surface area contributed by atoms with Crippen molar-refractivity contribution in [1.82, 2.24) is 0 Å². The molecule has 2 nitrogen and oxygen atoms in total. The second kappa shape index (κ2) is 8.16. The summed E-state index contributed by atoms with van der Waals surface area (Å²) in [5, 5.41) is 2.86. The molecule has 3 heteroatoms. The minimum atomic E-state index is 0.693. The normalized spacial score (nSPS) is 11.2. The van der Waals surface area contributed by atoms with Crippen LogP contribution in [0.5, 0.6) is 0 Å². The lowest BCUT2D eigenvalue weighted by Crippen LogP contribution is -2.11. The fourth-order valence-corrected chi connectivity index (χ4v) is 4.68. The number of furan rings is 1. The van der Waals surface area contributed by atoms with Crippen LogP contribution in [0.1, 0.15) is 0 Å². The SMILES string of the molecule is Clc1cccc(N(c2ccccc2-c2ccccc2)c2cccc3oc4ccccc4c23)c1. The Hall–Kier alpha value is -4.01. The van der Waals surface area contributed by atoms with Crippen molar-refractivity contribution in [2.24, 2.45) is 0 Å². The van der Waals surface area contributed by atoms with Crippen LogP contribution in [-0.2, 0) is 0 Å². The minimum Gasteiger partial charge on any atom is -0.456 e. The Labute approximate surface area is 197 Å². The molecule has 6 aromatic rings. The standard InChI is InChI=1S/C30H20ClNO/c31-22-12-8-13-23(20-22)32(26-16-6-4-14-24(26)21-10-2-1-3-11-21)27-17-9-19-29-30(27)25-15-5-7-18-28(25)33-29/h1-20H. The van der Waals surface area contributed by atoms with Crippen molar-refractivity contribution in [3.8, 4) is 11.1 Å². The van der Waals surface area contributed by atoms with Gasteiger partial charge in [-0.1, -0.05) is 90.5 Å². The summed E-state index contributed by atoms with van der Waals surface area (Å²) in [5.41, 5.74) is 7.14. The molecule has 0 unspecified atom stereocenters. The fourth-order valence-electron chi connectivity index (χ4n) is 4.50. The van der Waals surface area contributed by atoms with Gasteiger partial charge in [0, 0.05) is 21.7 Å². The zero-order valence-electron chi connectivity index (χ0n) is 17.8. The van der Waals surface area contributed by atoms with Crippen molar-refractivity contribution in [3.05, 3.63) is 126 Å². The van der Waals surface area contributed by atoms with E-state index in [-0.39, 0.29) is 0 Å². The molecule has 0 radical (unpaired) electrons. The van der Waals surface area contributed by atoms with Crippen LogP contribution in [0.4, 0.5) is 17.1 Å². The third kappa shape index (κ3) is 3.45. The Bertz CT molecular complexity index is 1590. The summed E-state index contributed by atoms with van der Waals surface area (Å²) in [6.45, 7) is 0. The summed E-state index contributed by atoms with van der Waals surface area (Å²) in [4.78, 5) is 2.28. The second-order valence-corrected chi connectivity index (χ2v) is 8.38. The molecule has 0 aliphatic carbocycles. The molecule has 1 heterocycles. The van der Waals surface area contributed by atoms with E-state index in [0.29, 0.717) is 5.02 Å². The van der Waals surface area contributed by atoms with E-state index < -0.39 is 0 Å². The fraction of sp³-hybridized carbons (Fsp3) is 0. The van der Waals surface area contributed by atoms with Crippen molar-refractivity contribution in [2.75, 3.05) is 4.90 Å². The molecule has 158 valence electrons. The van der Waals surface area contributed by atoms with Crippen LogP contribution in [0.2, 0.25) is 5.02 Å². The zero-order valence-corrected chi connectivity index (χ0v) is 18.5. The Morgan fingerprint density at radius 2 is 1.27 bits per heavy atom. The molecule has 0 aliphatic heterocycles. The molecule has 0 saturated carbocycles. The van der Waals surface area contributed by atoms with E-state index in [4.69, 9.17) is 16.0 Å². The molecule has 1 aromatic heterocycles. The number of benzene rings is 5. The van der Waals surface area contributed by atoms with Gasteiger partial charge in [-0.05, 0) is 48.0 Å². The molecule has 0 saturated heterocycles. The van der Waals surface area contributed by atoms with Crippen LogP contribution in [-0.4, -0.2) is 0 Å². The van der Waals surface area contributed by atoms with Gasteiger partial charge in [0.05, 0.1) is 16.8 Å². The number of hydrogen-bond acceptors (Lipinski definition) is 2. The zero-order chi connectivity index (χ0) is 22.2. The number of halogens is 1. The van der Waals surface area contributed by atoms with Crippen LogP contribution in [0.3, 0.4) is 0 Å². The maximum absolute atomic E-state index is 6.47. The first-order chi connectivity index (χ1) is 16.3. The molecular weight excluding hydrogens is 426 g/mol. The minimum absolute atomic E-state index is 0.693. The first kappa shape index (κ1) is 19.7. The van der Waals surface area contributed by atoms with Crippen LogP contribution < -0.4 is 4.90 Å². The molecule has 0 amide bonds. The third-order valence-corrected chi connectivity index (χ3v) is 6.15. The molecule has 0 bridgehead atoms. The molecule has 33 heavy (non-hydrogen) atoms. The van der Waals surface area contributed by atoms with Crippen molar-refractivity contribution in [1.29, 1.82) is 0 Å². The molecule has 0 fully saturated rings. The molecule has 0 spiro atoms. The number of anilines is 3. The quantitative estimate of drug-likeness (QED) is 0.268. The Morgan fingerprint density at radius 1 is 0.576 bits per heavy atom. The van der Waals surface area contributed by atoms with Crippen molar-refractivity contribution < 1.29 is 4.42 Å². The second-order valence-electron chi connectivity index (χ2n) is 7.95. The maximum atomic E-state index is 6.47. The van der Waals surface area contributed by atoms with E-state index >= 15 is 0 Å². The van der Waals surface area contributed by atoms with Gasteiger partial charge in [0.1, 0.15) is 11.2 Å². The summed E-state index contributed by atoms with van der Waals surface area (Å²) in [7, 11) is 0. The number of nitrogens with zero attached hydrogens (tertiary/aromatic N) is 1. The first-order valence-electron chi connectivity index (χ1n) is 10.9. The lowest BCUT2D eigenvalue weighted by molar-refractivity contribution is 0.669. The van der Waals surface area contributed by atoms with Crippen molar-refractivity contribution in [3.63, 3.8) is 0 Å². The summed E-state index contributed by atoms with van der Waals surface area (Å²) in [6, 6.07) is 41.3. The van der Waals surface area contributed by atoms with E-state index in [2.05, 4.69) is 77.7 Å². The highest BCUT2D eigenvalue weighted by atomic mass is 35.5. The Kier molecular flexibility index (Phi) is 4.86. The smallest absolute Gasteiger partial charge is 0.137 e. The monoisotopic (exact) mass is 445 g/mol. The molecule has 0 aliphatic rings. The summed E-state index contributed by atoms with van der Waals surface area (Å²) < 4.78 is 6.20. The topological polar surface area (TPSA) is 16.4 Å². The first-order valence-corrected chi connectivity index (χ1v) is 11.3. The molecule has 0 N–H and O–H groups in total. The highest BCUT2D eigenvalue weighted by molar-refractivity contribution is 6.31. The highest BCUT2D eigenvalue weighted by Crippen LogP contribution is 2.45. The lowest BCUT2D eigenvalue weighted by atomic mass is 10.0. The van der Waals surface area contributed by atoms with Crippen molar-refractivity contribution in [2.45, 2.75) is 0 Å². The average Bonchev–Trinajstić information content (AvgIpc) is 3.25. The van der Waals surface area contributed by atoms with Gasteiger partial charge in [0.2, 0.25) is 0 Å². The number of rotatable bonds is 4. The predicted octanol–water partition coefficient (Wildman–Crippen LogP) is 9.38. The molecule has 6 rings (SSSR count). The van der Waals surface area contributed by atoms with Gasteiger partial charge in [-0.15, -0.1) is 0 Å². The van der Waals surface area contributed by atoms with E-state index in [1.165, 1.54) is 0 Å². The van der Waals surface area contributed by atoms with E-state index in [0.717, 1.165) is 50.1 Å². The van der Waals surface area contributed by atoms with Gasteiger partial charge in [-0.3, -0.25) is 0 Å². The third-order valence-electron chi connectivity index (χ3n) is 5.92. The Balaban J connectivity index is 1.69. The van der Waals surface area contributed by atoms with Crippen LogP contribution in [0.15, 0.2) is 126 Å². The number of hydrogen-bond donors (Lipinski definition) is 0. The highest BCUT2D eigenvalue weighted by Gasteiger charge is 2.21. The maximum Gasteiger partial charge on any atom is 0.137 e. The van der Waals surface area contributed by atoms with Crippen molar-refractivity contribution >= 4 is 50.6 Å². The number of fused-ring (bicyclic) bond motifs is 3. The summed E-state index contributed by atoms with van der Waals surface area (Å²) in [6.07, 6.45) is 0. The van der Waals surface area contributed by atoms with Gasteiger partial charge in [-0.25, -0.2) is 0 Å². The van der Waals surface area contributed by atoms with Crippen LogP contribution in [0, 0.1) is 0 Å². The molecule has 5 aromatic carbocycles. The molecule has 0 atom stereocenters. The predicted molar refractivity (Wildman–Crippen MR) is 139 cm³/mol. The molecular formula is C30H20ClNO. The Morgan fingerprint density at radius 3 is 2.15 bits per heavy atom. The lowest BCUT2D eigenvalue weighted by Gasteiger charge is -2.28. The van der Waals surface area contributed by atoms with E-state index in [9.17, 15) is 0 Å². The summed E-state index contributed by atoms with van der Waals surface area (Å²) >= 11 is 6.47. The largest absolute Gasteiger partial charge is 0.456 e. The van der Waals surface area contributed by atoms with Gasteiger partial charge < -0.3 is 9.32 Å². The van der Waals surface area contributed by atoms with Gasteiger partial charge in [0.15, 0.2) is 0 Å². The number of para-hydroxylation sites is 2. The van der Waals surface area contributed by atoms with E-state index in [1.807, 2.05) is 48.5 Å². The van der Waals surface area contributed by atoms with Crippen LogP contribution in [0.25, 0.3) is 33.1 Å². The average molecular weight is 446 g/mol. The van der Waals surface area contributed by atoms with Crippen LogP contribution >= 0.6 is 11.6 Å². The van der Waals surface area contributed by atoms with Gasteiger partial charge in [-0.2, -0.15) is 0 Å². The van der Waals surface area contributed by atoms with Gasteiger partial charge >= 0.3 is 0 Å². The van der Waals surface area contributed by atoms with E-state index in [1.54, 1.807) is 0 Å².